The van der Waals surface area contributed by atoms with Gasteiger partial charge in [0.05, 0.1) is 0 Å². The number of anilines is 3. The third-order valence-electron chi connectivity index (χ3n) is 3.59. The van der Waals surface area contributed by atoms with Gasteiger partial charge in [-0.05, 0) is 42.5 Å². The first-order valence-corrected chi connectivity index (χ1v) is 7.83. The van der Waals surface area contributed by atoms with Crippen LogP contribution in [0.5, 0.6) is 0 Å². The number of amides is 1. The van der Waals surface area contributed by atoms with Gasteiger partial charge in [0.1, 0.15) is 5.69 Å². The molecule has 0 aliphatic rings. The first kappa shape index (κ1) is 16.0. The molecule has 0 aliphatic carbocycles. The summed E-state index contributed by atoms with van der Waals surface area (Å²) in [7, 11) is 1.95. The van der Waals surface area contributed by atoms with Crippen LogP contribution >= 0.6 is 11.6 Å². The van der Waals surface area contributed by atoms with Gasteiger partial charge in [-0.1, -0.05) is 35.9 Å². The summed E-state index contributed by atoms with van der Waals surface area (Å²) in [4.78, 5) is 18.6. The predicted molar refractivity (Wildman–Crippen MR) is 98.1 cm³/mol. The molecule has 1 amide bonds. The highest BCUT2D eigenvalue weighted by Gasteiger charge is 2.11. The molecule has 120 valence electrons. The number of para-hydroxylation sites is 1. The summed E-state index contributed by atoms with van der Waals surface area (Å²) >= 11 is 5.94. The minimum atomic E-state index is -0.277. The summed E-state index contributed by atoms with van der Waals surface area (Å²) in [6.45, 7) is 0. The fourth-order valence-electron chi connectivity index (χ4n) is 2.31. The molecule has 1 heterocycles. The summed E-state index contributed by atoms with van der Waals surface area (Å²) in [5.41, 5.74) is 2.89. The molecule has 1 N–H and O–H groups in total. The maximum Gasteiger partial charge on any atom is 0.274 e. The monoisotopic (exact) mass is 337 g/mol. The molecule has 1 aromatic heterocycles. The Bertz CT molecular complexity index is 852. The number of hydrogen-bond donors (Lipinski definition) is 1. The Labute approximate surface area is 145 Å². The lowest BCUT2D eigenvalue weighted by Crippen LogP contribution is -2.15. The summed E-state index contributed by atoms with van der Waals surface area (Å²) in [5, 5.41) is 3.37. The van der Waals surface area contributed by atoms with Gasteiger partial charge in [-0.25, -0.2) is 0 Å². The van der Waals surface area contributed by atoms with Gasteiger partial charge in [0.25, 0.3) is 5.91 Å². The second-order valence-electron chi connectivity index (χ2n) is 5.26. The molecule has 4 nitrogen and oxygen atoms in total. The molecule has 0 bridgehead atoms. The molecule has 3 aromatic rings. The van der Waals surface area contributed by atoms with Crippen molar-refractivity contribution in [1.29, 1.82) is 0 Å². The molecular formula is C19H16ClN3O. The number of carbonyl (C=O) groups excluding carboxylic acids is 1. The predicted octanol–water partition coefficient (Wildman–Crippen LogP) is 4.76. The Hall–Kier alpha value is -2.85. The van der Waals surface area contributed by atoms with E-state index in [0.29, 0.717) is 16.4 Å². The van der Waals surface area contributed by atoms with E-state index in [4.69, 9.17) is 11.6 Å². The number of pyridine rings is 1. The van der Waals surface area contributed by atoms with E-state index in [1.54, 1.807) is 36.5 Å². The van der Waals surface area contributed by atoms with Crippen LogP contribution in [0.15, 0.2) is 72.9 Å². The van der Waals surface area contributed by atoms with E-state index in [2.05, 4.69) is 10.3 Å². The second kappa shape index (κ2) is 7.15. The van der Waals surface area contributed by atoms with Gasteiger partial charge in [-0.2, -0.15) is 0 Å². The molecule has 0 atom stereocenters. The quantitative estimate of drug-likeness (QED) is 0.746. The van der Waals surface area contributed by atoms with E-state index in [-0.39, 0.29) is 5.91 Å². The van der Waals surface area contributed by atoms with Crippen molar-refractivity contribution >= 4 is 34.6 Å². The normalized spacial score (nSPS) is 10.2. The van der Waals surface area contributed by atoms with Gasteiger partial charge in [0, 0.05) is 35.3 Å². The van der Waals surface area contributed by atoms with Gasteiger partial charge in [0.15, 0.2) is 0 Å². The van der Waals surface area contributed by atoms with Crippen LogP contribution in [0, 0.1) is 0 Å². The first-order valence-electron chi connectivity index (χ1n) is 7.45. The lowest BCUT2D eigenvalue weighted by atomic mass is 10.2. The van der Waals surface area contributed by atoms with E-state index in [1.807, 2.05) is 48.3 Å². The van der Waals surface area contributed by atoms with Gasteiger partial charge in [-0.15, -0.1) is 0 Å². The molecule has 0 spiro atoms. The summed E-state index contributed by atoms with van der Waals surface area (Å²) < 4.78 is 0. The standard InChI is InChI=1S/C19H16ClN3O/c1-23(16-8-3-2-4-9-16)17-10-11-21-18(13-17)19(24)22-15-7-5-6-14(20)12-15/h2-13H,1H3,(H,22,24). The van der Waals surface area contributed by atoms with Crippen molar-refractivity contribution in [1.82, 2.24) is 4.98 Å². The van der Waals surface area contributed by atoms with E-state index < -0.39 is 0 Å². The van der Waals surface area contributed by atoms with Crippen LogP contribution in [-0.4, -0.2) is 17.9 Å². The van der Waals surface area contributed by atoms with E-state index in [0.717, 1.165) is 11.4 Å². The Morgan fingerprint density at radius 3 is 2.54 bits per heavy atom. The maximum absolute atomic E-state index is 12.4. The maximum atomic E-state index is 12.4. The van der Waals surface area contributed by atoms with Gasteiger partial charge < -0.3 is 10.2 Å². The fourth-order valence-corrected chi connectivity index (χ4v) is 2.50. The minimum absolute atomic E-state index is 0.277. The van der Waals surface area contributed by atoms with E-state index >= 15 is 0 Å². The van der Waals surface area contributed by atoms with Gasteiger partial charge in [0.2, 0.25) is 0 Å². The minimum Gasteiger partial charge on any atom is -0.345 e. The number of carbonyl (C=O) groups is 1. The largest absolute Gasteiger partial charge is 0.345 e. The SMILES string of the molecule is CN(c1ccccc1)c1ccnc(C(=O)Nc2cccc(Cl)c2)c1. The van der Waals surface area contributed by atoms with Crippen molar-refractivity contribution in [3.63, 3.8) is 0 Å². The van der Waals surface area contributed by atoms with Crippen LogP contribution in [0.1, 0.15) is 10.5 Å². The zero-order valence-electron chi connectivity index (χ0n) is 13.1. The molecular weight excluding hydrogens is 322 g/mol. The zero-order valence-corrected chi connectivity index (χ0v) is 13.9. The highest BCUT2D eigenvalue weighted by molar-refractivity contribution is 6.30. The Morgan fingerprint density at radius 1 is 1.00 bits per heavy atom. The molecule has 0 saturated carbocycles. The number of aromatic nitrogens is 1. The fraction of sp³-hybridized carbons (Fsp3) is 0.0526. The molecule has 3 rings (SSSR count). The molecule has 0 radical (unpaired) electrons. The third-order valence-corrected chi connectivity index (χ3v) is 3.82. The zero-order chi connectivity index (χ0) is 16.9. The lowest BCUT2D eigenvalue weighted by Gasteiger charge is -2.19. The van der Waals surface area contributed by atoms with Crippen LogP contribution in [0.3, 0.4) is 0 Å². The first-order chi connectivity index (χ1) is 11.6. The van der Waals surface area contributed by atoms with Crippen molar-refractivity contribution < 1.29 is 4.79 Å². The number of benzene rings is 2. The van der Waals surface area contributed by atoms with Crippen LogP contribution < -0.4 is 10.2 Å². The molecule has 24 heavy (non-hydrogen) atoms. The summed E-state index contributed by atoms with van der Waals surface area (Å²) in [6, 6.07) is 20.6. The van der Waals surface area contributed by atoms with Crippen molar-refractivity contribution in [2.75, 3.05) is 17.3 Å². The lowest BCUT2D eigenvalue weighted by molar-refractivity contribution is 0.102. The van der Waals surface area contributed by atoms with Crippen molar-refractivity contribution in [2.45, 2.75) is 0 Å². The topological polar surface area (TPSA) is 45.2 Å². The Kier molecular flexibility index (Phi) is 4.77. The molecule has 2 aromatic carbocycles. The van der Waals surface area contributed by atoms with Gasteiger partial charge in [-0.3, -0.25) is 9.78 Å². The number of nitrogens with one attached hydrogen (secondary N) is 1. The molecule has 0 aliphatic heterocycles. The van der Waals surface area contributed by atoms with Crippen molar-refractivity contribution in [3.8, 4) is 0 Å². The number of rotatable bonds is 4. The van der Waals surface area contributed by atoms with E-state index in [1.165, 1.54) is 0 Å². The second-order valence-corrected chi connectivity index (χ2v) is 5.69. The molecule has 0 unspecified atom stereocenters. The van der Waals surface area contributed by atoms with Gasteiger partial charge >= 0.3 is 0 Å². The van der Waals surface area contributed by atoms with Crippen LogP contribution in [0.25, 0.3) is 0 Å². The van der Waals surface area contributed by atoms with E-state index in [9.17, 15) is 4.79 Å². The third kappa shape index (κ3) is 3.73. The van der Waals surface area contributed by atoms with Crippen LogP contribution in [0.2, 0.25) is 5.02 Å². The highest BCUT2D eigenvalue weighted by Crippen LogP contribution is 2.23. The molecule has 5 heteroatoms. The number of nitrogens with zero attached hydrogens (tertiary/aromatic N) is 2. The Balaban J connectivity index is 1.81. The van der Waals surface area contributed by atoms with Crippen LogP contribution in [-0.2, 0) is 0 Å². The smallest absolute Gasteiger partial charge is 0.274 e. The average Bonchev–Trinajstić information content (AvgIpc) is 2.62. The number of hydrogen-bond acceptors (Lipinski definition) is 3. The van der Waals surface area contributed by atoms with Crippen LogP contribution in [0.4, 0.5) is 17.1 Å². The average molecular weight is 338 g/mol. The summed E-state index contributed by atoms with van der Waals surface area (Å²) in [6.07, 6.45) is 1.63. The summed E-state index contributed by atoms with van der Waals surface area (Å²) in [5.74, 6) is -0.277. The molecule has 0 fully saturated rings. The number of halogens is 1. The van der Waals surface area contributed by atoms with Crippen molar-refractivity contribution in [2.24, 2.45) is 0 Å². The molecule has 0 saturated heterocycles. The Morgan fingerprint density at radius 2 is 1.79 bits per heavy atom. The highest BCUT2D eigenvalue weighted by atomic mass is 35.5. The van der Waals surface area contributed by atoms with Crippen molar-refractivity contribution in [3.05, 3.63) is 83.6 Å².